The minimum absolute atomic E-state index is 0.0446. The Kier molecular flexibility index (Phi) is 11.8. The van der Waals surface area contributed by atoms with Crippen molar-refractivity contribution < 1.29 is 31.5 Å². The number of rotatable bonds is 13. The quantitative estimate of drug-likeness (QED) is 0.121. The molecule has 1 fully saturated rings. The molecule has 0 spiro atoms. The third-order valence-electron chi connectivity index (χ3n) is 9.50. The zero-order valence-corrected chi connectivity index (χ0v) is 33.7. The number of anilines is 4. The molecular formula is C41H41ClF2N8O5S. The first-order chi connectivity index (χ1) is 27.8. The standard InChI is InChI=1S/C41H41ClF2N8O5S/c1-25(2)57-34-12-11-26(22-27(34)40(53)49-38-29(43)8-7-9-30(38)44)37-39(52-15-6-5-10-36(52)48-37)31-13-14-45-41(46-31)47-32-23-28(42)33(24-35(32)56-3)51-18-16-50(17-19-51)20-21-58(4,54)55/h5-15,22-25H,16-21H2,1-4H3,(H,49,53)(H,45,46,47). The number of imidazole rings is 1. The first-order valence-corrected chi connectivity index (χ1v) is 20.9. The first kappa shape index (κ1) is 40.4. The molecule has 3 aromatic carbocycles. The Morgan fingerprint density at radius 1 is 0.948 bits per heavy atom. The number of benzene rings is 3. The zero-order chi connectivity index (χ0) is 41.1. The normalized spacial score (nSPS) is 13.6. The van der Waals surface area contributed by atoms with Crippen LogP contribution in [0.1, 0.15) is 24.2 Å². The number of nitrogens with one attached hydrogen (secondary N) is 2. The van der Waals surface area contributed by atoms with Crippen LogP contribution in [-0.4, -0.2) is 96.5 Å². The van der Waals surface area contributed by atoms with Gasteiger partial charge in [-0.25, -0.2) is 32.2 Å². The number of hydrogen-bond acceptors (Lipinski definition) is 11. The van der Waals surface area contributed by atoms with Gasteiger partial charge in [0.05, 0.1) is 58.0 Å². The highest BCUT2D eigenvalue weighted by Crippen LogP contribution is 2.39. The maximum atomic E-state index is 14.6. The van der Waals surface area contributed by atoms with E-state index in [1.165, 1.54) is 12.3 Å². The summed E-state index contributed by atoms with van der Waals surface area (Å²) in [4.78, 5) is 32.2. The Labute approximate surface area is 339 Å². The highest BCUT2D eigenvalue weighted by molar-refractivity contribution is 7.90. The Morgan fingerprint density at radius 2 is 1.71 bits per heavy atom. The molecule has 2 N–H and O–H groups in total. The van der Waals surface area contributed by atoms with Crippen molar-refractivity contribution in [1.29, 1.82) is 0 Å². The Bertz CT molecular complexity index is 2580. The predicted octanol–water partition coefficient (Wildman–Crippen LogP) is 7.35. The molecule has 0 bridgehead atoms. The van der Waals surface area contributed by atoms with Gasteiger partial charge < -0.3 is 25.0 Å². The molecule has 3 aromatic heterocycles. The lowest BCUT2D eigenvalue weighted by atomic mass is 10.0. The SMILES string of the molecule is COc1cc(N2CCN(CCS(C)(=O)=O)CC2)c(Cl)cc1Nc1nccc(-c2c(-c3ccc(OC(C)C)c(C(=O)Nc4c(F)cccc4F)c3)nc3ccccn23)n1. The fraction of sp³-hybridized carbons (Fsp3) is 0.268. The third kappa shape index (κ3) is 8.98. The summed E-state index contributed by atoms with van der Waals surface area (Å²) >= 11 is 6.86. The first-order valence-electron chi connectivity index (χ1n) is 18.4. The number of methoxy groups -OCH3 is 1. The molecule has 1 aliphatic heterocycles. The summed E-state index contributed by atoms with van der Waals surface area (Å²) in [5.41, 5.74) is 3.45. The molecule has 0 aliphatic carbocycles. The van der Waals surface area contributed by atoms with E-state index in [2.05, 4.69) is 25.4 Å². The van der Waals surface area contributed by atoms with Crippen LogP contribution < -0.4 is 25.0 Å². The van der Waals surface area contributed by atoms with Crippen LogP contribution in [0.3, 0.4) is 0 Å². The van der Waals surface area contributed by atoms with E-state index in [9.17, 15) is 22.0 Å². The van der Waals surface area contributed by atoms with Crippen molar-refractivity contribution in [3.05, 3.63) is 107 Å². The molecule has 17 heteroatoms. The smallest absolute Gasteiger partial charge is 0.259 e. The second-order valence-electron chi connectivity index (χ2n) is 14.0. The summed E-state index contributed by atoms with van der Waals surface area (Å²) in [5, 5.41) is 6.10. The molecule has 302 valence electrons. The number of aromatic nitrogens is 4. The molecule has 6 aromatic rings. The van der Waals surface area contributed by atoms with Gasteiger partial charge in [-0.1, -0.05) is 23.7 Å². The molecule has 0 radical (unpaired) electrons. The number of halogens is 3. The number of para-hydroxylation sites is 1. The van der Waals surface area contributed by atoms with Crippen LogP contribution in [0.2, 0.25) is 5.02 Å². The molecule has 0 saturated carbocycles. The number of amides is 1. The van der Waals surface area contributed by atoms with Crippen LogP contribution >= 0.6 is 11.6 Å². The van der Waals surface area contributed by atoms with Crippen molar-refractivity contribution in [2.45, 2.75) is 20.0 Å². The van der Waals surface area contributed by atoms with E-state index in [4.69, 9.17) is 31.0 Å². The lowest BCUT2D eigenvalue weighted by molar-refractivity contribution is 0.102. The molecule has 13 nitrogen and oxygen atoms in total. The summed E-state index contributed by atoms with van der Waals surface area (Å²) in [7, 11) is -1.49. The van der Waals surface area contributed by atoms with Gasteiger partial charge in [0.2, 0.25) is 5.95 Å². The topological polar surface area (TPSA) is 143 Å². The highest BCUT2D eigenvalue weighted by atomic mass is 35.5. The molecule has 1 aliphatic rings. The minimum Gasteiger partial charge on any atom is -0.494 e. The fourth-order valence-corrected chi connectivity index (χ4v) is 7.55. The van der Waals surface area contributed by atoms with Gasteiger partial charge in [-0.15, -0.1) is 0 Å². The molecule has 1 saturated heterocycles. The van der Waals surface area contributed by atoms with Gasteiger partial charge in [-0.05, 0) is 68.4 Å². The van der Waals surface area contributed by atoms with Crippen molar-refractivity contribution in [3.63, 3.8) is 0 Å². The van der Waals surface area contributed by atoms with Crippen LogP contribution in [0.4, 0.5) is 31.8 Å². The summed E-state index contributed by atoms with van der Waals surface area (Å²) in [6.07, 6.45) is 4.38. The number of nitrogens with zero attached hydrogens (tertiary/aromatic N) is 6. The van der Waals surface area contributed by atoms with Gasteiger partial charge in [0.15, 0.2) is 0 Å². The number of carbonyl (C=O) groups is 1. The monoisotopic (exact) mass is 830 g/mol. The van der Waals surface area contributed by atoms with Gasteiger partial charge in [0.25, 0.3) is 5.91 Å². The van der Waals surface area contributed by atoms with Gasteiger partial charge in [-0.3, -0.25) is 14.1 Å². The fourth-order valence-electron chi connectivity index (χ4n) is 6.68. The van der Waals surface area contributed by atoms with Crippen LogP contribution in [0.15, 0.2) is 85.2 Å². The van der Waals surface area contributed by atoms with E-state index in [1.807, 2.05) is 34.9 Å². The van der Waals surface area contributed by atoms with Gasteiger partial charge >= 0.3 is 0 Å². The van der Waals surface area contributed by atoms with Crippen molar-refractivity contribution >= 4 is 56.0 Å². The lowest BCUT2D eigenvalue weighted by Crippen LogP contribution is -2.47. The van der Waals surface area contributed by atoms with Crippen LogP contribution in [0.25, 0.3) is 28.3 Å². The van der Waals surface area contributed by atoms with Crippen molar-refractivity contribution in [2.75, 3.05) is 67.4 Å². The van der Waals surface area contributed by atoms with E-state index < -0.39 is 33.1 Å². The molecule has 1 amide bonds. The largest absolute Gasteiger partial charge is 0.494 e. The average molecular weight is 831 g/mol. The van der Waals surface area contributed by atoms with Gasteiger partial charge in [0, 0.05) is 63.0 Å². The maximum absolute atomic E-state index is 14.6. The molecule has 0 unspecified atom stereocenters. The van der Waals surface area contributed by atoms with Crippen molar-refractivity contribution in [2.24, 2.45) is 0 Å². The van der Waals surface area contributed by atoms with Crippen LogP contribution in [0, 0.1) is 11.6 Å². The molecule has 0 atom stereocenters. The highest BCUT2D eigenvalue weighted by Gasteiger charge is 2.25. The number of hydrogen-bond donors (Lipinski definition) is 2. The summed E-state index contributed by atoms with van der Waals surface area (Å²) < 4.78 is 66.1. The van der Waals surface area contributed by atoms with E-state index in [0.717, 1.165) is 17.8 Å². The lowest BCUT2D eigenvalue weighted by Gasteiger charge is -2.36. The Hall–Kier alpha value is -5.84. The number of fused-ring (bicyclic) bond motifs is 1. The zero-order valence-electron chi connectivity index (χ0n) is 32.2. The maximum Gasteiger partial charge on any atom is 0.259 e. The van der Waals surface area contributed by atoms with E-state index in [1.54, 1.807) is 57.5 Å². The van der Waals surface area contributed by atoms with Gasteiger partial charge in [0.1, 0.15) is 44.3 Å². The Balaban J connectivity index is 1.20. The number of pyridine rings is 1. The second kappa shape index (κ2) is 16.9. The van der Waals surface area contributed by atoms with E-state index in [0.29, 0.717) is 77.5 Å². The summed E-state index contributed by atoms with van der Waals surface area (Å²) in [5.74, 6) is -1.52. The number of piperazine rings is 1. The second-order valence-corrected chi connectivity index (χ2v) is 16.7. The van der Waals surface area contributed by atoms with E-state index in [-0.39, 0.29) is 29.1 Å². The number of sulfone groups is 1. The molecule has 4 heterocycles. The Morgan fingerprint density at radius 3 is 2.41 bits per heavy atom. The third-order valence-corrected chi connectivity index (χ3v) is 10.7. The van der Waals surface area contributed by atoms with Gasteiger partial charge in [-0.2, -0.15) is 0 Å². The predicted molar refractivity (Wildman–Crippen MR) is 221 cm³/mol. The van der Waals surface area contributed by atoms with Crippen molar-refractivity contribution in [1.82, 2.24) is 24.3 Å². The number of ether oxygens (including phenoxy) is 2. The van der Waals surface area contributed by atoms with Crippen LogP contribution in [0.5, 0.6) is 11.5 Å². The summed E-state index contributed by atoms with van der Waals surface area (Å²) in [6, 6.07) is 19.2. The number of carbonyl (C=O) groups excluding carboxylic acids is 1. The summed E-state index contributed by atoms with van der Waals surface area (Å²) in [6.45, 7) is 6.81. The average Bonchev–Trinajstić information content (AvgIpc) is 3.58. The molecule has 58 heavy (non-hydrogen) atoms. The molecular weight excluding hydrogens is 790 g/mol. The van der Waals surface area contributed by atoms with Crippen LogP contribution in [-0.2, 0) is 9.84 Å². The van der Waals surface area contributed by atoms with E-state index >= 15 is 0 Å². The minimum atomic E-state index is -3.05. The van der Waals surface area contributed by atoms with Crippen molar-refractivity contribution in [3.8, 4) is 34.1 Å². The molecule has 7 rings (SSSR count).